The summed E-state index contributed by atoms with van der Waals surface area (Å²) in [6.45, 7) is 5.46. The SMILES string of the molecule is CCCCCCCn1ccc2cc(/C(C)=C/C(=O)Nc3ccccc3OCCCC(=O)O)ccc21. The topological polar surface area (TPSA) is 80.6 Å². The van der Waals surface area contributed by atoms with Crippen LogP contribution < -0.4 is 10.1 Å². The Hall–Kier alpha value is -3.54. The van der Waals surface area contributed by atoms with Gasteiger partial charge in [0.15, 0.2) is 0 Å². The first-order chi connectivity index (χ1) is 17.0. The van der Waals surface area contributed by atoms with Crippen LogP contribution in [-0.4, -0.2) is 28.2 Å². The number of aromatic nitrogens is 1. The molecule has 0 aliphatic rings. The average Bonchev–Trinajstić information content (AvgIpc) is 3.24. The lowest BCUT2D eigenvalue weighted by atomic mass is 10.0. The van der Waals surface area contributed by atoms with E-state index in [0.717, 1.165) is 17.7 Å². The number of hydrogen-bond acceptors (Lipinski definition) is 3. The monoisotopic (exact) mass is 476 g/mol. The number of para-hydroxylation sites is 2. The summed E-state index contributed by atoms with van der Waals surface area (Å²) in [4.78, 5) is 23.4. The molecule has 6 nitrogen and oxygen atoms in total. The highest BCUT2D eigenvalue weighted by molar-refractivity contribution is 6.04. The second-order valence-electron chi connectivity index (χ2n) is 8.86. The maximum absolute atomic E-state index is 12.7. The number of aryl methyl sites for hydroxylation is 1. The summed E-state index contributed by atoms with van der Waals surface area (Å²) in [5.41, 5.74) is 3.65. The molecule has 0 fully saturated rings. The number of hydrogen-bond donors (Lipinski definition) is 2. The third kappa shape index (κ3) is 8.02. The molecule has 0 unspecified atom stereocenters. The number of carbonyl (C=O) groups excluding carboxylic acids is 1. The molecule has 186 valence electrons. The zero-order chi connectivity index (χ0) is 25.0. The van der Waals surface area contributed by atoms with Gasteiger partial charge in [-0.1, -0.05) is 50.8 Å². The number of nitrogens with zero attached hydrogens (tertiary/aromatic N) is 1. The van der Waals surface area contributed by atoms with E-state index in [2.05, 4.69) is 47.3 Å². The zero-order valence-electron chi connectivity index (χ0n) is 20.8. The number of allylic oxidation sites excluding steroid dienone is 1. The van der Waals surface area contributed by atoms with Crippen molar-refractivity contribution in [3.05, 3.63) is 66.4 Å². The van der Waals surface area contributed by atoms with Gasteiger partial charge in [-0.3, -0.25) is 9.59 Å². The quantitative estimate of drug-likeness (QED) is 0.196. The highest BCUT2D eigenvalue weighted by Crippen LogP contribution is 2.26. The van der Waals surface area contributed by atoms with Crippen LogP contribution in [0.2, 0.25) is 0 Å². The third-order valence-electron chi connectivity index (χ3n) is 6.01. The maximum Gasteiger partial charge on any atom is 0.303 e. The number of carboxylic acids is 1. The number of amides is 1. The van der Waals surface area contributed by atoms with Gasteiger partial charge in [0.05, 0.1) is 12.3 Å². The van der Waals surface area contributed by atoms with Gasteiger partial charge in [0.2, 0.25) is 5.91 Å². The van der Waals surface area contributed by atoms with Crippen molar-refractivity contribution in [1.82, 2.24) is 4.57 Å². The smallest absolute Gasteiger partial charge is 0.303 e. The molecule has 6 heteroatoms. The van der Waals surface area contributed by atoms with Crippen LogP contribution in [0.4, 0.5) is 5.69 Å². The molecule has 2 aromatic carbocycles. The third-order valence-corrected chi connectivity index (χ3v) is 6.01. The van der Waals surface area contributed by atoms with Gasteiger partial charge in [0.1, 0.15) is 5.75 Å². The van der Waals surface area contributed by atoms with Crippen molar-refractivity contribution in [1.29, 1.82) is 0 Å². The van der Waals surface area contributed by atoms with Gasteiger partial charge in [-0.15, -0.1) is 0 Å². The minimum absolute atomic E-state index is 0.0448. The lowest BCUT2D eigenvalue weighted by molar-refractivity contribution is -0.137. The van der Waals surface area contributed by atoms with Crippen LogP contribution in [0.15, 0.2) is 60.8 Å². The number of anilines is 1. The van der Waals surface area contributed by atoms with Crippen molar-refractivity contribution in [2.45, 2.75) is 65.3 Å². The molecule has 0 atom stereocenters. The highest BCUT2D eigenvalue weighted by Gasteiger charge is 2.09. The number of fused-ring (bicyclic) bond motifs is 1. The van der Waals surface area contributed by atoms with Crippen LogP contribution in [-0.2, 0) is 16.1 Å². The zero-order valence-corrected chi connectivity index (χ0v) is 20.8. The van der Waals surface area contributed by atoms with E-state index in [1.165, 1.54) is 43.0 Å². The molecule has 0 aliphatic carbocycles. The van der Waals surface area contributed by atoms with E-state index in [0.29, 0.717) is 17.9 Å². The lowest BCUT2D eigenvalue weighted by Crippen LogP contribution is -2.11. The molecule has 1 amide bonds. The van der Waals surface area contributed by atoms with Gasteiger partial charge in [-0.25, -0.2) is 0 Å². The van der Waals surface area contributed by atoms with E-state index in [1.54, 1.807) is 18.2 Å². The molecule has 3 rings (SSSR count). The Balaban J connectivity index is 1.61. The van der Waals surface area contributed by atoms with Crippen LogP contribution in [0.5, 0.6) is 5.75 Å². The predicted molar refractivity (Wildman–Crippen MR) is 142 cm³/mol. The first-order valence-corrected chi connectivity index (χ1v) is 12.5. The van der Waals surface area contributed by atoms with Gasteiger partial charge < -0.3 is 19.7 Å². The first-order valence-electron chi connectivity index (χ1n) is 12.5. The number of nitrogens with one attached hydrogen (secondary N) is 1. The van der Waals surface area contributed by atoms with Gasteiger partial charge in [0.25, 0.3) is 0 Å². The number of carbonyl (C=O) groups is 2. The van der Waals surface area contributed by atoms with E-state index in [1.807, 2.05) is 19.1 Å². The van der Waals surface area contributed by atoms with Crippen molar-refractivity contribution in [2.75, 3.05) is 11.9 Å². The fourth-order valence-electron chi connectivity index (χ4n) is 4.08. The number of unbranched alkanes of at least 4 members (excludes halogenated alkanes) is 4. The minimum atomic E-state index is -0.854. The second-order valence-corrected chi connectivity index (χ2v) is 8.86. The van der Waals surface area contributed by atoms with E-state index in [4.69, 9.17) is 9.84 Å². The van der Waals surface area contributed by atoms with Gasteiger partial charge >= 0.3 is 5.97 Å². The summed E-state index contributed by atoms with van der Waals surface area (Å²) in [6.07, 6.45) is 10.5. The van der Waals surface area contributed by atoms with Crippen molar-refractivity contribution >= 4 is 34.0 Å². The van der Waals surface area contributed by atoms with E-state index in [-0.39, 0.29) is 18.9 Å². The van der Waals surface area contributed by atoms with E-state index >= 15 is 0 Å². The van der Waals surface area contributed by atoms with Gasteiger partial charge in [0, 0.05) is 36.1 Å². The average molecular weight is 477 g/mol. The molecule has 1 heterocycles. The maximum atomic E-state index is 12.7. The molecule has 0 radical (unpaired) electrons. The van der Waals surface area contributed by atoms with Crippen molar-refractivity contribution in [3.8, 4) is 5.75 Å². The van der Waals surface area contributed by atoms with Crippen LogP contribution in [0.25, 0.3) is 16.5 Å². The number of carboxylic acid groups (broad SMARTS) is 1. The summed E-state index contributed by atoms with van der Waals surface area (Å²) in [7, 11) is 0. The standard InChI is InChI=1S/C29H36N2O4/c1-3-4-5-6-9-17-31-18-16-24-21-23(14-15-26(24)31)22(2)20-28(32)30-25-11-7-8-12-27(25)35-19-10-13-29(33)34/h7-8,11-12,14-16,18,20-21H,3-6,9-10,13,17,19H2,1-2H3,(H,30,32)(H,33,34)/b22-20+. The van der Waals surface area contributed by atoms with Gasteiger partial charge in [-0.2, -0.15) is 0 Å². The molecule has 0 saturated carbocycles. The second kappa shape index (κ2) is 13.4. The minimum Gasteiger partial charge on any atom is -0.491 e. The highest BCUT2D eigenvalue weighted by atomic mass is 16.5. The van der Waals surface area contributed by atoms with Gasteiger partial charge in [-0.05, 0) is 61.2 Å². The fourth-order valence-corrected chi connectivity index (χ4v) is 4.08. The number of benzene rings is 2. The lowest BCUT2D eigenvalue weighted by Gasteiger charge is -2.11. The molecule has 0 bridgehead atoms. The number of rotatable bonds is 14. The van der Waals surface area contributed by atoms with Crippen molar-refractivity contribution in [3.63, 3.8) is 0 Å². The Kier molecular flexibility index (Phi) is 9.96. The molecule has 0 aliphatic heterocycles. The largest absolute Gasteiger partial charge is 0.491 e. The van der Waals surface area contributed by atoms with Crippen molar-refractivity contribution in [2.24, 2.45) is 0 Å². The van der Waals surface area contributed by atoms with Crippen LogP contribution in [0.1, 0.15) is 64.4 Å². The first kappa shape index (κ1) is 26.1. The summed E-state index contributed by atoms with van der Waals surface area (Å²) < 4.78 is 7.98. The number of ether oxygens (including phenoxy) is 1. The predicted octanol–water partition coefficient (Wildman–Crippen LogP) is 6.90. The molecule has 1 aromatic heterocycles. The van der Waals surface area contributed by atoms with E-state index in [9.17, 15) is 9.59 Å². The summed E-state index contributed by atoms with van der Waals surface area (Å²) in [6, 6.07) is 15.6. The van der Waals surface area contributed by atoms with Crippen LogP contribution in [0.3, 0.4) is 0 Å². The Bertz CT molecular complexity index is 1160. The normalized spacial score (nSPS) is 11.5. The van der Waals surface area contributed by atoms with Crippen molar-refractivity contribution < 1.29 is 19.4 Å². The van der Waals surface area contributed by atoms with Crippen LogP contribution >= 0.6 is 0 Å². The molecule has 3 aromatic rings. The van der Waals surface area contributed by atoms with E-state index < -0.39 is 5.97 Å². The molecule has 2 N–H and O–H groups in total. The summed E-state index contributed by atoms with van der Waals surface area (Å²) in [5, 5.41) is 12.8. The Morgan fingerprint density at radius 1 is 1.03 bits per heavy atom. The molecule has 0 spiro atoms. The number of aliphatic carboxylic acids is 1. The molecule has 35 heavy (non-hydrogen) atoms. The molecular weight excluding hydrogens is 440 g/mol. The molecule has 0 saturated heterocycles. The Morgan fingerprint density at radius 3 is 2.63 bits per heavy atom. The summed E-state index contributed by atoms with van der Waals surface area (Å²) in [5.74, 6) is -0.573. The fraction of sp³-hybridized carbons (Fsp3) is 0.379. The summed E-state index contributed by atoms with van der Waals surface area (Å²) >= 11 is 0. The Labute approximate surface area is 207 Å². The molecular formula is C29H36N2O4. The Morgan fingerprint density at radius 2 is 1.83 bits per heavy atom. The van der Waals surface area contributed by atoms with Crippen LogP contribution in [0, 0.1) is 0 Å².